The normalized spacial score (nSPS) is 13.5. The molecule has 1 N–H and O–H groups in total. The molecular formula is C16H23NO4. The first kappa shape index (κ1) is 17.2. The highest BCUT2D eigenvalue weighted by atomic mass is 16.5. The Kier molecular flexibility index (Phi) is 6.88. The van der Waals surface area contributed by atoms with Crippen molar-refractivity contribution in [2.75, 3.05) is 13.1 Å². The molecule has 5 heteroatoms. The quantitative estimate of drug-likeness (QED) is 0.797. The number of benzene rings is 1. The molecule has 0 aliphatic rings. The number of hydrogen-bond donors (Lipinski definition) is 1. The number of likely N-dealkylation sites (N-methyl/N-ethyl adjacent to an activating group) is 1. The van der Waals surface area contributed by atoms with E-state index in [1.807, 2.05) is 37.3 Å². The molecule has 5 nitrogen and oxygen atoms in total. The third-order valence-electron chi connectivity index (χ3n) is 3.30. The number of carbonyl (C=O) groups is 2. The van der Waals surface area contributed by atoms with Gasteiger partial charge in [-0.05, 0) is 19.4 Å². The fraction of sp³-hybridized carbons (Fsp3) is 0.500. The van der Waals surface area contributed by atoms with E-state index in [0.29, 0.717) is 13.2 Å². The van der Waals surface area contributed by atoms with Gasteiger partial charge in [-0.3, -0.25) is 9.59 Å². The first-order valence-corrected chi connectivity index (χ1v) is 7.12. The van der Waals surface area contributed by atoms with Crippen LogP contribution in [0.25, 0.3) is 0 Å². The van der Waals surface area contributed by atoms with Crippen LogP contribution in [0.2, 0.25) is 0 Å². The molecule has 1 rings (SSSR count). The molecule has 0 aromatic heterocycles. The van der Waals surface area contributed by atoms with E-state index in [1.54, 1.807) is 13.8 Å². The Hall–Kier alpha value is -1.88. The lowest BCUT2D eigenvalue weighted by Crippen LogP contribution is -2.42. The summed E-state index contributed by atoms with van der Waals surface area (Å²) in [5, 5.41) is 8.93. The van der Waals surface area contributed by atoms with E-state index >= 15 is 0 Å². The number of rotatable bonds is 8. The fourth-order valence-electron chi connectivity index (χ4n) is 1.91. The van der Waals surface area contributed by atoms with Crippen LogP contribution in [0.5, 0.6) is 0 Å². The lowest BCUT2D eigenvalue weighted by Gasteiger charge is -2.26. The highest BCUT2D eigenvalue weighted by Gasteiger charge is 2.23. The average molecular weight is 293 g/mol. The maximum Gasteiger partial charge on any atom is 0.308 e. The molecule has 21 heavy (non-hydrogen) atoms. The third-order valence-corrected chi connectivity index (χ3v) is 3.30. The van der Waals surface area contributed by atoms with Crippen LogP contribution >= 0.6 is 0 Å². The van der Waals surface area contributed by atoms with Crippen molar-refractivity contribution in [2.45, 2.75) is 33.5 Å². The van der Waals surface area contributed by atoms with Crippen molar-refractivity contribution in [1.29, 1.82) is 0 Å². The van der Waals surface area contributed by atoms with Gasteiger partial charge >= 0.3 is 5.97 Å². The SMILES string of the molecule is CCN(CC(C)C(=O)O)C(=O)C(C)OCc1ccccc1. The van der Waals surface area contributed by atoms with Gasteiger partial charge in [0.2, 0.25) is 0 Å². The van der Waals surface area contributed by atoms with Crippen LogP contribution in [0.1, 0.15) is 26.3 Å². The van der Waals surface area contributed by atoms with Crippen LogP contribution in [-0.4, -0.2) is 41.1 Å². The molecule has 0 heterocycles. The minimum Gasteiger partial charge on any atom is -0.481 e. The first-order chi connectivity index (χ1) is 9.95. The summed E-state index contributed by atoms with van der Waals surface area (Å²) < 4.78 is 5.58. The smallest absolute Gasteiger partial charge is 0.308 e. The lowest BCUT2D eigenvalue weighted by atomic mass is 10.1. The van der Waals surface area contributed by atoms with Gasteiger partial charge in [-0.1, -0.05) is 37.3 Å². The summed E-state index contributed by atoms with van der Waals surface area (Å²) in [6.45, 7) is 6.14. The Labute approximate surface area is 125 Å². The lowest BCUT2D eigenvalue weighted by molar-refractivity contribution is -0.147. The summed E-state index contributed by atoms with van der Waals surface area (Å²) in [5.41, 5.74) is 0.999. The molecule has 116 valence electrons. The number of aliphatic carboxylic acids is 1. The van der Waals surface area contributed by atoms with Crippen LogP contribution in [0.3, 0.4) is 0 Å². The number of ether oxygens (including phenoxy) is 1. The molecule has 0 fully saturated rings. The standard InChI is InChI=1S/C16H23NO4/c1-4-17(10-12(2)16(19)20)15(18)13(3)21-11-14-8-6-5-7-9-14/h5-9,12-13H,4,10-11H2,1-3H3,(H,19,20). The van der Waals surface area contributed by atoms with Gasteiger partial charge < -0.3 is 14.7 Å². The van der Waals surface area contributed by atoms with Gasteiger partial charge in [0.1, 0.15) is 6.10 Å². The van der Waals surface area contributed by atoms with E-state index in [2.05, 4.69) is 0 Å². The predicted molar refractivity (Wildman–Crippen MR) is 79.7 cm³/mol. The van der Waals surface area contributed by atoms with Gasteiger partial charge in [-0.15, -0.1) is 0 Å². The minimum absolute atomic E-state index is 0.179. The van der Waals surface area contributed by atoms with Crippen molar-refractivity contribution in [2.24, 2.45) is 5.92 Å². The number of nitrogens with zero attached hydrogens (tertiary/aromatic N) is 1. The van der Waals surface area contributed by atoms with Gasteiger partial charge in [0.25, 0.3) is 5.91 Å². The predicted octanol–water partition coefficient (Wildman–Crippen LogP) is 2.16. The van der Waals surface area contributed by atoms with Gasteiger partial charge in [0.05, 0.1) is 12.5 Å². The van der Waals surface area contributed by atoms with Crippen LogP contribution in [0.15, 0.2) is 30.3 Å². The van der Waals surface area contributed by atoms with Crippen molar-refractivity contribution < 1.29 is 19.4 Å². The van der Waals surface area contributed by atoms with Crippen molar-refractivity contribution in [3.63, 3.8) is 0 Å². The van der Waals surface area contributed by atoms with E-state index in [0.717, 1.165) is 5.56 Å². The molecule has 1 aromatic carbocycles. The second-order valence-electron chi connectivity index (χ2n) is 5.05. The number of carboxylic acid groups (broad SMARTS) is 1. The van der Waals surface area contributed by atoms with Gasteiger partial charge in [-0.25, -0.2) is 0 Å². The number of carboxylic acids is 1. The Balaban J connectivity index is 2.52. The maximum absolute atomic E-state index is 12.3. The molecule has 0 aliphatic heterocycles. The molecule has 1 aromatic rings. The van der Waals surface area contributed by atoms with Crippen molar-refractivity contribution in [3.05, 3.63) is 35.9 Å². The molecule has 0 aliphatic carbocycles. The zero-order valence-electron chi connectivity index (χ0n) is 12.8. The van der Waals surface area contributed by atoms with Crippen molar-refractivity contribution >= 4 is 11.9 Å². The fourth-order valence-corrected chi connectivity index (χ4v) is 1.91. The number of amides is 1. The molecule has 0 spiro atoms. The van der Waals surface area contributed by atoms with E-state index in [-0.39, 0.29) is 12.5 Å². The molecule has 0 saturated heterocycles. The molecule has 1 amide bonds. The summed E-state index contributed by atoms with van der Waals surface area (Å²) in [5.74, 6) is -1.67. The van der Waals surface area contributed by atoms with Crippen LogP contribution in [-0.2, 0) is 20.9 Å². The van der Waals surface area contributed by atoms with Crippen molar-refractivity contribution in [3.8, 4) is 0 Å². The third kappa shape index (κ3) is 5.55. The molecule has 2 unspecified atom stereocenters. The summed E-state index contributed by atoms with van der Waals surface area (Å²) in [6.07, 6.45) is -0.592. The van der Waals surface area contributed by atoms with Gasteiger partial charge in [0, 0.05) is 13.1 Å². The van der Waals surface area contributed by atoms with Crippen LogP contribution in [0.4, 0.5) is 0 Å². The minimum atomic E-state index is -0.904. The summed E-state index contributed by atoms with van der Waals surface area (Å²) in [4.78, 5) is 24.7. The summed E-state index contributed by atoms with van der Waals surface area (Å²) in [6, 6.07) is 9.61. The van der Waals surface area contributed by atoms with Gasteiger partial charge in [-0.2, -0.15) is 0 Å². The molecule has 0 radical (unpaired) electrons. The van der Waals surface area contributed by atoms with E-state index in [1.165, 1.54) is 4.90 Å². The van der Waals surface area contributed by atoms with Crippen LogP contribution < -0.4 is 0 Å². The Morgan fingerprint density at radius 1 is 1.24 bits per heavy atom. The topological polar surface area (TPSA) is 66.8 Å². The molecular weight excluding hydrogens is 270 g/mol. The molecule has 0 bridgehead atoms. The second kappa shape index (κ2) is 8.42. The van der Waals surface area contributed by atoms with Crippen molar-refractivity contribution in [1.82, 2.24) is 4.90 Å². The van der Waals surface area contributed by atoms with Gasteiger partial charge in [0.15, 0.2) is 0 Å². The zero-order valence-corrected chi connectivity index (χ0v) is 12.8. The highest BCUT2D eigenvalue weighted by Crippen LogP contribution is 2.08. The number of hydrogen-bond acceptors (Lipinski definition) is 3. The van der Waals surface area contributed by atoms with E-state index < -0.39 is 18.0 Å². The van der Waals surface area contributed by atoms with Crippen LogP contribution in [0, 0.1) is 5.92 Å². The molecule has 2 atom stereocenters. The first-order valence-electron chi connectivity index (χ1n) is 7.12. The Bertz CT molecular complexity index is 461. The largest absolute Gasteiger partial charge is 0.481 e. The summed E-state index contributed by atoms with van der Waals surface area (Å²) >= 11 is 0. The maximum atomic E-state index is 12.3. The monoisotopic (exact) mass is 293 g/mol. The number of carbonyl (C=O) groups excluding carboxylic acids is 1. The zero-order chi connectivity index (χ0) is 15.8. The summed E-state index contributed by atoms with van der Waals surface area (Å²) in [7, 11) is 0. The van der Waals surface area contributed by atoms with E-state index in [4.69, 9.17) is 9.84 Å². The van der Waals surface area contributed by atoms with E-state index in [9.17, 15) is 9.59 Å². The Morgan fingerprint density at radius 2 is 1.86 bits per heavy atom. The average Bonchev–Trinajstić information content (AvgIpc) is 2.50. The second-order valence-corrected chi connectivity index (χ2v) is 5.05. The Morgan fingerprint density at radius 3 is 2.38 bits per heavy atom. The molecule has 0 saturated carbocycles. The highest BCUT2D eigenvalue weighted by molar-refractivity contribution is 5.81.